The average molecular weight is 489 g/mol. The number of ether oxygens (including phenoxy) is 1. The molecule has 3 aliphatic rings. The van der Waals surface area contributed by atoms with E-state index in [1.165, 1.54) is 0 Å². The van der Waals surface area contributed by atoms with Crippen molar-refractivity contribution >= 4 is 27.4 Å². The van der Waals surface area contributed by atoms with Gasteiger partial charge in [0.05, 0.1) is 17.5 Å². The molecule has 1 aromatic rings. The highest BCUT2D eigenvalue weighted by Crippen LogP contribution is 2.49. The highest BCUT2D eigenvalue weighted by molar-refractivity contribution is 7.90. The molecule has 8 heteroatoms. The lowest BCUT2D eigenvalue weighted by atomic mass is 9.58. The fourth-order valence-electron chi connectivity index (χ4n) is 5.47. The van der Waals surface area contributed by atoms with Crippen molar-refractivity contribution in [3.63, 3.8) is 0 Å². The number of hydrogen-bond acceptors (Lipinski definition) is 6. The number of carbonyl (C=O) groups excluding carboxylic acids is 2. The van der Waals surface area contributed by atoms with Crippen LogP contribution in [-0.2, 0) is 14.8 Å². The number of ketones is 1. The van der Waals surface area contributed by atoms with Gasteiger partial charge in [-0.1, -0.05) is 33.3 Å². The van der Waals surface area contributed by atoms with Gasteiger partial charge in [-0.15, -0.1) is 0 Å². The van der Waals surface area contributed by atoms with Gasteiger partial charge in [0.2, 0.25) is 10.0 Å². The van der Waals surface area contributed by atoms with Crippen molar-refractivity contribution in [2.45, 2.75) is 64.5 Å². The molecule has 0 radical (unpaired) electrons. The molecule has 0 aromatic heterocycles. The third-order valence-electron chi connectivity index (χ3n) is 7.93. The van der Waals surface area contributed by atoms with Gasteiger partial charge in [0, 0.05) is 24.1 Å². The summed E-state index contributed by atoms with van der Waals surface area (Å²) in [5, 5.41) is -0.721. The van der Waals surface area contributed by atoms with E-state index in [0.717, 1.165) is 31.5 Å². The molecule has 1 fully saturated rings. The molecule has 4 atom stereocenters. The number of fused-ring (bicyclic) bond motifs is 2. The van der Waals surface area contributed by atoms with E-state index in [0.29, 0.717) is 43.7 Å². The van der Waals surface area contributed by atoms with Crippen LogP contribution in [0.1, 0.15) is 69.7 Å². The zero-order valence-electron chi connectivity index (χ0n) is 20.4. The Balaban J connectivity index is 1.76. The Morgan fingerprint density at radius 1 is 1.26 bits per heavy atom. The van der Waals surface area contributed by atoms with Crippen LogP contribution in [-0.4, -0.2) is 45.1 Å². The van der Waals surface area contributed by atoms with Crippen LogP contribution in [0.2, 0.25) is 0 Å². The second-order valence-corrected chi connectivity index (χ2v) is 12.2. The molecule has 0 saturated heterocycles. The number of nitrogens with zero attached hydrogens (tertiary/aromatic N) is 1. The average Bonchev–Trinajstić information content (AvgIpc) is 3.00. The van der Waals surface area contributed by atoms with Crippen molar-refractivity contribution < 1.29 is 22.7 Å². The molecule has 4 rings (SSSR count). The Labute approximate surface area is 203 Å². The van der Waals surface area contributed by atoms with Crippen molar-refractivity contribution in [2.24, 2.45) is 17.3 Å². The summed E-state index contributed by atoms with van der Waals surface area (Å²) in [5.74, 6) is 0.162. The fourth-order valence-corrected chi connectivity index (χ4v) is 7.26. The first-order chi connectivity index (χ1) is 16.2. The normalized spacial score (nSPS) is 32.4. The van der Waals surface area contributed by atoms with E-state index in [9.17, 15) is 18.0 Å². The third kappa shape index (κ3) is 4.74. The Morgan fingerprint density at radius 2 is 2.06 bits per heavy atom. The lowest BCUT2D eigenvalue weighted by Crippen LogP contribution is -2.49. The van der Waals surface area contributed by atoms with Crippen LogP contribution >= 0.6 is 0 Å². The number of allylic oxidation sites excluding steroid dienone is 2. The van der Waals surface area contributed by atoms with Crippen molar-refractivity contribution in [1.82, 2.24) is 4.72 Å². The molecule has 1 unspecified atom stereocenters. The van der Waals surface area contributed by atoms with E-state index in [2.05, 4.69) is 9.62 Å². The second kappa shape index (κ2) is 9.72. The summed E-state index contributed by atoms with van der Waals surface area (Å²) >= 11 is 0. The maximum Gasteiger partial charge on any atom is 0.264 e. The molecule has 7 nitrogen and oxygen atoms in total. The van der Waals surface area contributed by atoms with Crippen LogP contribution in [0.15, 0.2) is 30.4 Å². The molecule has 2 aliphatic heterocycles. The number of hydrogen-bond donors (Lipinski definition) is 1. The van der Waals surface area contributed by atoms with E-state index in [-0.39, 0.29) is 17.6 Å². The minimum atomic E-state index is -3.90. The maximum absolute atomic E-state index is 13.2. The first-order valence-corrected chi connectivity index (χ1v) is 14.0. The summed E-state index contributed by atoms with van der Waals surface area (Å²) in [6.45, 7) is 7.87. The monoisotopic (exact) mass is 488 g/mol. The summed E-state index contributed by atoms with van der Waals surface area (Å²) < 4.78 is 34.7. The minimum Gasteiger partial charge on any atom is -0.491 e. The van der Waals surface area contributed by atoms with Crippen molar-refractivity contribution in [3.8, 4) is 5.75 Å². The van der Waals surface area contributed by atoms with Gasteiger partial charge in [0.25, 0.3) is 5.91 Å². The third-order valence-corrected chi connectivity index (χ3v) is 9.89. The zero-order valence-corrected chi connectivity index (χ0v) is 21.2. The first-order valence-electron chi connectivity index (χ1n) is 12.4. The number of sulfonamides is 1. The summed E-state index contributed by atoms with van der Waals surface area (Å²) in [6, 6.07) is 5.10. The first kappa shape index (κ1) is 24.8. The van der Waals surface area contributed by atoms with Gasteiger partial charge in [-0.3, -0.25) is 9.59 Å². The lowest BCUT2D eigenvalue weighted by Gasteiger charge is -2.47. The zero-order chi connectivity index (χ0) is 24.5. The number of nitrogens with one attached hydrogen (secondary N) is 1. The predicted molar refractivity (Wildman–Crippen MR) is 133 cm³/mol. The van der Waals surface area contributed by atoms with Crippen LogP contribution in [0.3, 0.4) is 0 Å². The van der Waals surface area contributed by atoms with Gasteiger partial charge in [-0.25, -0.2) is 13.1 Å². The van der Waals surface area contributed by atoms with Crippen LogP contribution in [0.25, 0.3) is 0 Å². The molecular weight excluding hydrogens is 452 g/mol. The summed E-state index contributed by atoms with van der Waals surface area (Å²) in [4.78, 5) is 28.5. The molecule has 1 aliphatic carbocycles. The summed E-state index contributed by atoms with van der Waals surface area (Å²) in [7, 11) is -3.90. The van der Waals surface area contributed by atoms with Gasteiger partial charge in [0.1, 0.15) is 5.75 Å². The Hall–Kier alpha value is -2.35. The number of rotatable bonds is 2. The molecule has 1 amide bonds. The second-order valence-electron chi connectivity index (χ2n) is 10.3. The molecule has 0 spiro atoms. The molecule has 1 saturated carbocycles. The molecule has 2 bridgehead atoms. The maximum atomic E-state index is 13.2. The number of benzene rings is 1. The summed E-state index contributed by atoms with van der Waals surface area (Å²) in [6.07, 6.45) is 7.72. The van der Waals surface area contributed by atoms with E-state index in [1.807, 2.05) is 26.8 Å². The van der Waals surface area contributed by atoms with Crippen molar-refractivity contribution in [3.05, 3.63) is 35.9 Å². The summed E-state index contributed by atoms with van der Waals surface area (Å²) in [5.41, 5.74) is 0.652. The topological polar surface area (TPSA) is 92.8 Å². The SMILES string of the molecule is CCC[C@H]1[C@@H](C)C/C=C\C(=O)C2(C)CC[C@H]2CN2CCCOc3ccc(cc32)C(=O)NS1(=O)=O. The molecule has 186 valence electrons. The molecule has 1 aromatic carbocycles. The van der Waals surface area contributed by atoms with Gasteiger partial charge >= 0.3 is 0 Å². The quantitative estimate of drug-likeness (QED) is 0.674. The number of anilines is 1. The van der Waals surface area contributed by atoms with Crippen molar-refractivity contribution in [1.29, 1.82) is 0 Å². The highest BCUT2D eigenvalue weighted by atomic mass is 32.2. The van der Waals surface area contributed by atoms with Gasteiger partial charge < -0.3 is 9.64 Å². The Kier molecular flexibility index (Phi) is 7.08. The van der Waals surface area contributed by atoms with E-state index in [1.54, 1.807) is 24.3 Å². The lowest BCUT2D eigenvalue weighted by molar-refractivity contribution is -0.132. The van der Waals surface area contributed by atoms with Gasteiger partial charge in [-0.2, -0.15) is 0 Å². The Morgan fingerprint density at radius 3 is 2.76 bits per heavy atom. The van der Waals surface area contributed by atoms with E-state index >= 15 is 0 Å². The van der Waals surface area contributed by atoms with E-state index in [4.69, 9.17) is 4.74 Å². The van der Waals surface area contributed by atoms with E-state index < -0.39 is 26.6 Å². The smallest absolute Gasteiger partial charge is 0.264 e. The molecule has 2 heterocycles. The van der Waals surface area contributed by atoms with Crippen LogP contribution in [0.4, 0.5) is 5.69 Å². The largest absolute Gasteiger partial charge is 0.491 e. The number of carbonyl (C=O) groups is 2. The van der Waals surface area contributed by atoms with Gasteiger partial charge in [-0.05, 0) is 68.2 Å². The van der Waals surface area contributed by atoms with Crippen LogP contribution < -0.4 is 14.4 Å². The van der Waals surface area contributed by atoms with Crippen LogP contribution in [0, 0.1) is 17.3 Å². The fraction of sp³-hybridized carbons (Fsp3) is 0.615. The Bertz CT molecular complexity index is 1080. The highest BCUT2D eigenvalue weighted by Gasteiger charge is 2.48. The van der Waals surface area contributed by atoms with Gasteiger partial charge in [0.15, 0.2) is 5.78 Å². The molecule has 1 N–H and O–H groups in total. The minimum absolute atomic E-state index is 0.117. The number of amides is 1. The predicted octanol–water partition coefficient (Wildman–Crippen LogP) is 4.09. The van der Waals surface area contributed by atoms with Crippen molar-refractivity contribution in [2.75, 3.05) is 24.6 Å². The molecule has 34 heavy (non-hydrogen) atoms. The standard InChI is InChI=1S/C26H36N2O5S/c1-4-7-23-18(2)8-5-9-24(29)26(3)13-12-20(26)17-28-14-6-15-33-22-11-10-19(16-21(22)28)25(30)27-34(23,31)32/h5,9-11,16,18,20,23H,4,6-8,12-15,17H2,1-3H3,(H,27,30)/b9-5-/t18-,20-,23-,26?/m0/s1. The molecular formula is C26H36N2O5S. The van der Waals surface area contributed by atoms with Crippen LogP contribution in [0.5, 0.6) is 5.75 Å².